The van der Waals surface area contributed by atoms with Crippen molar-refractivity contribution in [3.63, 3.8) is 0 Å². The van der Waals surface area contributed by atoms with E-state index in [2.05, 4.69) is 190 Å². The van der Waals surface area contributed by atoms with E-state index in [1.54, 1.807) is 0 Å². The van der Waals surface area contributed by atoms with Crippen molar-refractivity contribution in [3.8, 4) is 0 Å². The summed E-state index contributed by atoms with van der Waals surface area (Å²) in [5, 5.41) is 0. The molecule has 0 fully saturated rings. The number of phosphoric acid groups is 1. The molecule has 0 saturated carbocycles. The molecule has 0 spiro atoms. The number of likely N-dealkylation sites (N-methyl/N-ethyl adjacent to an activating group) is 1. The summed E-state index contributed by atoms with van der Waals surface area (Å²) in [6.07, 6.45) is 91.1. The van der Waals surface area contributed by atoms with Crippen LogP contribution in [0.5, 0.6) is 0 Å². The Labute approximate surface area is 489 Å². The topological polar surface area (TPSA) is 108 Å². The Hall–Kier alpha value is -4.89. The number of nitrogens with zero attached hydrogens (tertiary/aromatic N) is 1. The molecule has 0 aliphatic carbocycles. The Kier molecular flexibility index (Phi) is 55.2. The maximum atomic E-state index is 12.8. The molecule has 2 atom stereocenters. The molecule has 9 nitrogen and oxygen atoms in total. The molecule has 0 aliphatic rings. The third-order valence-corrected chi connectivity index (χ3v) is 12.9. The summed E-state index contributed by atoms with van der Waals surface area (Å²) in [4.78, 5) is 35.7. The molecule has 0 aromatic carbocycles. The van der Waals surface area contributed by atoms with Crippen LogP contribution in [0.25, 0.3) is 0 Å². The van der Waals surface area contributed by atoms with Crippen molar-refractivity contribution < 1.29 is 42.1 Å². The normalized spacial score (nSPS) is 14.5. The fourth-order valence-electron chi connectivity index (χ4n) is 7.31. The summed E-state index contributed by atoms with van der Waals surface area (Å²) < 4.78 is 34.5. The molecule has 0 rings (SSSR count). The van der Waals surface area contributed by atoms with E-state index in [4.69, 9.17) is 18.5 Å². The molecule has 0 saturated heterocycles. The van der Waals surface area contributed by atoms with Gasteiger partial charge in [-0.25, -0.2) is 4.57 Å². The number of phosphoric ester groups is 1. The highest BCUT2D eigenvalue weighted by Crippen LogP contribution is 2.43. The van der Waals surface area contributed by atoms with Crippen LogP contribution in [0.3, 0.4) is 0 Å². The third kappa shape index (κ3) is 62.3. The van der Waals surface area contributed by atoms with Gasteiger partial charge in [0.25, 0.3) is 0 Å². The molecule has 0 heterocycles. The number of rotatable bonds is 53. The zero-order valence-electron chi connectivity index (χ0n) is 50.7. The van der Waals surface area contributed by atoms with Crippen LogP contribution in [0.2, 0.25) is 0 Å². The summed E-state index contributed by atoms with van der Waals surface area (Å²) in [7, 11) is 1.40. The van der Waals surface area contributed by atoms with Crippen molar-refractivity contribution in [2.45, 2.75) is 200 Å². The highest BCUT2D eigenvalue weighted by atomic mass is 31.2. The van der Waals surface area contributed by atoms with Crippen LogP contribution < -0.4 is 0 Å². The lowest BCUT2D eigenvalue weighted by molar-refractivity contribution is -0.870. The molecule has 1 N–H and O–H groups in total. The van der Waals surface area contributed by atoms with Gasteiger partial charge in [0.1, 0.15) is 19.8 Å². The molecule has 80 heavy (non-hydrogen) atoms. The second kappa shape index (κ2) is 58.8. The van der Waals surface area contributed by atoms with Crippen LogP contribution in [0.4, 0.5) is 0 Å². The maximum Gasteiger partial charge on any atom is 0.472 e. The predicted molar refractivity (Wildman–Crippen MR) is 343 cm³/mol. The van der Waals surface area contributed by atoms with E-state index in [9.17, 15) is 19.0 Å². The van der Waals surface area contributed by atoms with Gasteiger partial charge in [0, 0.05) is 12.8 Å². The van der Waals surface area contributed by atoms with Gasteiger partial charge in [-0.05, 0) is 128 Å². The number of hydrogen-bond acceptors (Lipinski definition) is 7. The molecule has 0 amide bonds. The summed E-state index contributed by atoms with van der Waals surface area (Å²) in [5.41, 5.74) is 0. The summed E-state index contributed by atoms with van der Waals surface area (Å²) in [6.45, 7) is 4.09. The fourth-order valence-corrected chi connectivity index (χ4v) is 8.05. The van der Waals surface area contributed by atoms with Crippen LogP contribution >= 0.6 is 7.82 Å². The van der Waals surface area contributed by atoms with Crippen molar-refractivity contribution in [2.75, 3.05) is 47.5 Å². The van der Waals surface area contributed by atoms with Crippen LogP contribution in [-0.2, 0) is 32.7 Å². The lowest BCUT2D eigenvalue weighted by Gasteiger charge is -2.24. The molecule has 0 aromatic heterocycles. The number of ether oxygens (including phenoxy) is 2. The van der Waals surface area contributed by atoms with Gasteiger partial charge in [-0.2, -0.15) is 0 Å². The lowest BCUT2D eigenvalue weighted by atomic mass is 10.1. The number of carbonyl (C=O) groups is 2. The lowest BCUT2D eigenvalue weighted by Crippen LogP contribution is -2.37. The molecule has 0 radical (unpaired) electrons. The molecule has 0 aromatic rings. The minimum atomic E-state index is -4.42. The zero-order valence-corrected chi connectivity index (χ0v) is 51.6. The minimum Gasteiger partial charge on any atom is -0.462 e. The zero-order chi connectivity index (χ0) is 58.4. The third-order valence-electron chi connectivity index (χ3n) is 11.9. The molecular weight excluding hydrogens is 1010 g/mol. The van der Waals surface area contributed by atoms with Crippen molar-refractivity contribution in [3.05, 3.63) is 182 Å². The molecule has 2 unspecified atom stereocenters. The first-order valence-electron chi connectivity index (χ1n) is 30.5. The van der Waals surface area contributed by atoms with Gasteiger partial charge in [-0.15, -0.1) is 0 Å². The second-order valence-electron chi connectivity index (χ2n) is 20.6. The van der Waals surface area contributed by atoms with Gasteiger partial charge >= 0.3 is 19.8 Å². The summed E-state index contributed by atoms with van der Waals surface area (Å²) >= 11 is 0. The van der Waals surface area contributed by atoms with E-state index in [0.717, 1.165) is 122 Å². The predicted octanol–water partition coefficient (Wildman–Crippen LogP) is 19.6. The first-order chi connectivity index (χ1) is 39.0. The molecule has 0 bridgehead atoms. The van der Waals surface area contributed by atoms with Gasteiger partial charge < -0.3 is 18.9 Å². The first kappa shape index (κ1) is 75.1. The SMILES string of the molecule is CC/C=C\C/C=C\C/C=C\C/C=C\C/C=C\C/C=C\C/C=C\C/C=C\C/C=C\CCCC(=O)OC(COC(=O)CCCCCCCCCC/C=C\C/C=C\C/C=C\C/C=C\C/C=C\C/C=C\CC)COP(=O)(O)OCC[N+](C)(C)C. The van der Waals surface area contributed by atoms with Crippen molar-refractivity contribution in [2.24, 2.45) is 0 Å². The monoisotopic (exact) mass is 1120 g/mol. The van der Waals surface area contributed by atoms with Crippen LogP contribution in [0, 0.1) is 0 Å². The van der Waals surface area contributed by atoms with Crippen molar-refractivity contribution in [1.29, 1.82) is 0 Å². The highest BCUT2D eigenvalue weighted by Gasteiger charge is 2.27. The Morgan fingerprint density at radius 1 is 0.388 bits per heavy atom. The van der Waals surface area contributed by atoms with Crippen LogP contribution in [0.15, 0.2) is 182 Å². The minimum absolute atomic E-state index is 0.00781. The maximum absolute atomic E-state index is 12.8. The fraction of sp³-hybridized carbons (Fsp3) is 0.543. The van der Waals surface area contributed by atoms with Gasteiger partial charge in [0.15, 0.2) is 6.10 Å². The van der Waals surface area contributed by atoms with Gasteiger partial charge in [-0.1, -0.05) is 235 Å². The quantitative estimate of drug-likeness (QED) is 0.0211. The van der Waals surface area contributed by atoms with Crippen molar-refractivity contribution >= 4 is 19.8 Å². The number of unbranched alkanes of at least 4 members (excludes halogenated alkanes) is 9. The van der Waals surface area contributed by atoms with E-state index < -0.39 is 32.5 Å². The number of carbonyl (C=O) groups excluding carboxylic acids is 2. The molecule has 448 valence electrons. The van der Waals surface area contributed by atoms with E-state index >= 15 is 0 Å². The number of quaternary nitrogens is 1. The van der Waals surface area contributed by atoms with E-state index in [0.29, 0.717) is 30.3 Å². The average molecular weight is 1130 g/mol. The van der Waals surface area contributed by atoms with Gasteiger partial charge in [0.2, 0.25) is 0 Å². The van der Waals surface area contributed by atoms with Crippen LogP contribution in [-0.4, -0.2) is 74.9 Å². The van der Waals surface area contributed by atoms with Gasteiger partial charge in [0.05, 0.1) is 27.7 Å². The summed E-state index contributed by atoms with van der Waals surface area (Å²) in [5.74, 6) is -0.894. The van der Waals surface area contributed by atoms with E-state index in [1.807, 2.05) is 27.2 Å². The number of hydrogen-bond donors (Lipinski definition) is 1. The largest absolute Gasteiger partial charge is 0.472 e. The van der Waals surface area contributed by atoms with E-state index in [-0.39, 0.29) is 26.1 Å². The molecule has 10 heteroatoms. The van der Waals surface area contributed by atoms with Gasteiger partial charge in [-0.3, -0.25) is 18.6 Å². The van der Waals surface area contributed by atoms with Crippen molar-refractivity contribution in [1.82, 2.24) is 0 Å². The average Bonchev–Trinajstić information content (AvgIpc) is 3.42. The molecular formula is C70H111NO8P+. The first-order valence-corrected chi connectivity index (χ1v) is 32.0. The second-order valence-corrected chi connectivity index (χ2v) is 22.1. The Balaban J connectivity index is 4.34. The van der Waals surface area contributed by atoms with Crippen LogP contribution in [0.1, 0.15) is 194 Å². The van der Waals surface area contributed by atoms with E-state index in [1.165, 1.54) is 25.7 Å². The Bertz CT molecular complexity index is 2000. The number of esters is 2. The summed E-state index contributed by atoms with van der Waals surface area (Å²) in [6, 6.07) is 0. The number of allylic oxidation sites excluding steroid dienone is 30. The molecule has 0 aliphatic heterocycles. The standard InChI is InChI=1S/C70H110NO8P/c1-6-8-10-12-14-16-18-20-22-24-26-28-30-32-34-35-37-39-41-43-45-47-49-51-53-55-57-59-61-63-70(73)79-68(67-78-80(74,75)77-65-64-71(3,4)5)66-76-69(72)62-60-58-56-54-52-50-48-46-44-42-40-38-36-33-31-29-27-25-23-21-19-17-15-13-11-9-7-2/h8-11,14-17,20-23,26-29,32-34,36-37,39-40,42-43,45,49,51,55,57,68H,6-7,12-13,18-19,24-25,30-31,35,38,41,44,46-48,50,52-54,56,58-67H2,1-5H3/p+1/b10-8-,11-9-,16-14-,17-15-,22-20-,23-21-,28-26-,29-27-,34-32-,36-33-,39-37-,42-40-,45-43-,51-49-,57-55-. The smallest absolute Gasteiger partial charge is 0.462 e. The Morgan fingerprint density at radius 2 is 0.688 bits per heavy atom. The Morgan fingerprint density at radius 3 is 1.04 bits per heavy atom. The highest BCUT2D eigenvalue weighted by molar-refractivity contribution is 7.47.